The maximum absolute atomic E-state index is 11.0. The molecule has 0 saturated heterocycles. The van der Waals surface area contributed by atoms with Crippen molar-refractivity contribution in [1.82, 2.24) is 0 Å². The molecule has 1 aliphatic rings. The van der Waals surface area contributed by atoms with Gasteiger partial charge >= 0.3 is 5.97 Å². The topological polar surface area (TPSA) is 57.6 Å². The average Bonchev–Trinajstić information content (AvgIpc) is 2.65. The molecule has 4 heteroatoms. The predicted octanol–water partition coefficient (Wildman–Crippen LogP) is 3.12. The van der Waals surface area contributed by atoms with Crippen LogP contribution in [0.4, 0.5) is 5.69 Å². The molecule has 0 aromatic heterocycles. The zero-order valence-corrected chi connectivity index (χ0v) is 12.5. The van der Waals surface area contributed by atoms with E-state index in [0.29, 0.717) is 6.42 Å². The van der Waals surface area contributed by atoms with E-state index in [2.05, 4.69) is 30.9 Å². The average molecular weight is 287 g/mol. The van der Waals surface area contributed by atoms with Gasteiger partial charge in [-0.15, -0.1) is 0 Å². The van der Waals surface area contributed by atoms with E-state index in [1.807, 2.05) is 12.1 Å². The Morgan fingerprint density at radius 1 is 1.29 bits per heavy atom. The molecular formula is C17H21NO3. The van der Waals surface area contributed by atoms with Crippen molar-refractivity contribution in [3.63, 3.8) is 0 Å². The molecule has 0 radical (unpaired) electrons. The SMILES string of the molecule is CC1(C)/C(=C\C=O)N(CCCCC(=O)O)c2ccccc21. The van der Waals surface area contributed by atoms with Crippen LogP contribution in [-0.4, -0.2) is 23.9 Å². The minimum atomic E-state index is -0.763. The zero-order valence-electron chi connectivity index (χ0n) is 12.5. The van der Waals surface area contributed by atoms with Crippen LogP contribution in [0.25, 0.3) is 0 Å². The second-order valence-corrected chi connectivity index (χ2v) is 5.83. The highest BCUT2D eigenvalue weighted by molar-refractivity contribution is 5.77. The van der Waals surface area contributed by atoms with Crippen LogP contribution in [0.15, 0.2) is 36.0 Å². The van der Waals surface area contributed by atoms with Crippen molar-refractivity contribution in [1.29, 1.82) is 0 Å². The van der Waals surface area contributed by atoms with Crippen LogP contribution in [0.5, 0.6) is 0 Å². The van der Waals surface area contributed by atoms with E-state index in [1.54, 1.807) is 6.08 Å². The fourth-order valence-corrected chi connectivity index (χ4v) is 2.99. The van der Waals surface area contributed by atoms with E-state index in [4.69, 9.17) is 5.11 Å². The van der Waals surface area contributed by atoms with Gasteiger partial charge in [0.2, 0.25) is 0 Å². The fourth-order valence-electron chi connectivity index (χ4n) is 2.99. The second-order valence-electron chi connectivity index (χ2n) is 5.83. The smallest absolute Gasteiger partial charge is 0.303 e. The minimum absolute atomic E-state index is 0.186. The summed E-state index contributed by atoms with van der Waals surface area (Å²) >= 11 is 0. The van der Waals surface area contributed by atoms with Gasteiger partial charge in [-0.25, -0.2) is 0 Å². The van der Waals surface area contributed by atoms with E-state index >= 15 is 0 Å². The molecule has 21 heavy (non-hydrogen) atoms. The number of anilines is 1. The molecule has 0 unspecified atom stereocenters. The van der Waals surface area contributed by atoms with Crippen molar-refractivity contribution >= 4 is 17.9 Å². The van der Waals surface area contributed by atoms with Gasteiger partial charge in [0.25, 0.3) is 0 Å². The van der Waals surface area contributed by atoms with Gasteiger partial charge in [0.1, 0.15) is 6.29 Å². The molecule has 0 bridgehead atoms. The third-order valence-electron chi connectivity index (χ3n) is 4.05. The van der Waals surface area contributed by atoms with Crippen molar-refractivity contribution in [3.8, 4) is 0 Å². The highest BCUT2D eigenvalue weighted by Gasteiger charge is 2.39. The Morgan fingerprint density at radius 3 is 2.67 bits per heavy atom. The highest BCUT2D eigenvalue weighted by atomic mass is 16.4. The number of aliphatic carboxylic acids is 1. The lowest BCUT2D eigenvalue weighted by molar-refractivity contribution is -0.137. The van der Waals surface area contributed by atoms with Crippen molar-refractivity contribution in [2.45, 2.75) is 38.5 Å². The molecule has 0 aliphatic carbocycles. The summed E-state index contributed by atoms with van der Waals surface area (Å²) in [4.78, 5) is 23.7. The van der Waals surface area contributed by atoms with E-state index < -0.39 is 5.97 Å². The first-order valence-electron chi connectivity index (χ1n) is 7.23. The van der Waals surface area contributed by atoms with Crippen LogP contribution in [0.2, 0.25) is 0 Å². The molecule has 2 rings (SSSR count). The molecule has 0 amide bonds. The van der Waals surface area contributed by atoms with E-state index in [0.717, 1.165) is 30.6 Å². The molecule has 0 spiro atoms. The molecule has 0 saturated carbocycles. The molecule has 0 fully saturated rings. The number of hydrogen-bond acceptors (Lipinski definition) is 3. The number of benzene rings is 1. The van der Waals surface area contributed by atoms with E-state index in [1.165, 1.54) is 5.56 Å². The summed E-state index contributed by atoms with van der Waals surface area (Å²) in [6.45, 7) is 4.95. The Hall–Kier alpha value is -2.10. The van der Waals surface area contributed by atoms with Gasteiger partial charge in [0.15, 0.2) is 0 Å². The van der Waals surface area contributed by atoms with Crippen molar-refractivity contribution in [2.24, 2.45) is 0 Å². The summed E-state index contributed by atoms with van der Waals surface area (Å²) in [7, 11) is 0. The zero-order chi connectivity index (χ0) is 15.5. The Balaban J connectivity index is 2.23. The number of fused-ring (bicyclic) bond motifs is 1. The molecule has 4 nitrogen and oxygen atoms in total. The maximum Gasteiger partial charge on any atom is 0.303 e. The molecule has 1 aromatic rings. The molecular weight excluding hydrogens is 266 g/mol. The first kappa shape index (κ1) is 15.3. The lowest BCUT2D eigenvalue weighted by Crippen LogP contribution is -2.27. The number of carboxylic acid groups (broad SMARTS) is 1. The summed E-state index contributed by atoms with van der Waals surface area (Å²) in [5, 5.41) is 8.71. The highest BCUT2D eigenvalue weighted by Crippen LogP contribution is 2.47. The van der Waals surface area contributed by atoms with Crippen LogP contribution in [0, 0.1) is 0 Å². The number of unbranched alkanes of at least 4 members (excludes halogenated alkanes) is 1. The number of aldehydes is 1. The standard InChI is InChI=1S/C17H21NO3/c1-17(2)13-7-3-4-8-14(13)18(15(17)10-12-19)11-6-5-9-16(20)21/h3-4,7-8,10,12H,5-6,9,11H2,1-2H3,(H,20,21)/b15-10+. The van der Waals surface area contributed by atoms with Gasteiger partial charge in [-0.1, -0.05) is 32.0 Å². The van der Waals surface area contributed by atoms with Crippen LogP contribution >= 0.6 is 0 Å². The molecule has 1 N–H and O–H groups in total. The number of hydrogen-bond donors (Lipinski definition) is 1. The first-order valence-corrected chi connectivity index (χ1v) is 7.23. The lowest BCUT2D eigenvalue weighted by atomic mass is 9.84. The van der Waals surface area contributed by atoms with Gasteiger partial charge in [-0.2, -0.15) is 0 Å². The van der Waals surface area contributed by atoms with E-state index in [9.17, 15) is 9.59 Å². The number of carbonyl (C=O) groups is 2. The van der Waals surface area contributed by atoms with Gasteiger partial charge < -0.3 is 10.0 Å². The van der Waals surface area contributed by atoms with Crippen LogP contribution in [0.3, 0.4) is 0 Å². The summed E-state index contributed by atoms with van der Waals surface area (Å²) in [6.07, 6.45) is 4.06. The van der Waals surface area contributed by atoms with Crippen molar-refractivity contribution < 1.29 is 14.7 Å². The first-order chi connectivity index (χ1) is 9.98. The normalized spacial score (nSPS) is 17.8. The third kappa shape index (κ3) is 2.99. The summed E-state index contributed by atoms with van der Waals surface area (Å²) in [5.74, 6) is -0.763. The number of allylic oxidation sites excluding steroid dienone is 2. The monoisotopic (exact) mass is 287 g/mol. The number of carbonyl (C=O) groups excluding carboxylic acids is 1. The maximum atomic E-state index is 11.0. The largest absolute Gasteiger partial charge is 0.481 e. The van der Waals surface area contributed by atoms with Gasteiger partial charge in [-0.05, 0) is 30.5 Å². The van der Waals surface area contributed by atoms with Gasteiger partial charge in [-0.3, -0.25) is 9.59 Å². The van der Waals surface area contributed by atoms with Crippen molar-refractivity contribution in [3.05, 3.63) is 41.6 Å². The Kier molecular flexibility index (Phi) is 4.46. The number of para-hydroxylation sites is 1. The van der Waals surface area contributed by atoms with Crippen LogP contribution < -0.4 is 4.90 Å². The number of rotatable bonds is 6. The van der Waals surface area contributed by atoms with Crippen molar-refractivity contribution in [2.75, 3.05) is 11.4 Å². The summed E-state index contributed by atoms with van der Waals surface area (Å²) in [5.41, 5.74) is 3.10. The predicted molar refractivity (Wildman–Crippen MR) is 82.4 cm³/mol. The molecule has 1 heterocycles. The molecule has 0 atom stereocenters. The quantitative estimate of drug-likeness (QED) is 0.496. The van der Waals surface area contributed by atoms with Crippen LogP contribution in [0.1, 0.15) is 38.7 Å². The third-order valence-corrected chi connectivity index (χ3v) is 4.05. The summed E-state index contributed by atoms with van der Waals surface area (Å²) < 4.78 is 0. The Bertz CT molecular complexity index is 575. The van der Waals surface area contributed by atoms with Gasteiger partial charge in [0, 0.05) is 29.8 Å². The number of carboxylic acids is 1. The van der Waals surface area contributed by atoms with Gasteiger partial charge in [0.05, 0.1) is 0 Å². The van der Waals surface area contributed by atoms with E-state index in [-0.39, 0.29) is 11.8 Å². The Labute approximate surface area is 125 Å². The summed E-state index contributed by atoms with van der Waals surface area (Å²) in [6, 6.07) is 8.14. The minimum Gasteiger partial charge on any atom is -0.481 e. The van der Waals surface area contributed by atoms with Crippen LogP contribution in [-0.2, 0) is 15.0 Å². The molecule has 112 valence electrons. The Morgan fingerprint density at radius 2 is 2.00 bits per heavy atom. The fraction of sp³-hybridized carbons (Fsp3) is 0.412. The molecule has 1 aromatic carbocycles. The molecule has 1 aliphatic heterocycles. The second kappa shape index (κ2) is 6.12. The number of nitrogens with zero attached hydrogens (tertiary/aromatic N) is 1. The lowest BCUT2D eigenvalue weighted by Gasteiger charge is -2.26.